The van der Waals surface area contributed by atoms with E-state index >= 15 is 0 Å². The van der Waals surface area contributed by atoms with Crippen molar-refractivity contribution in [2.75, 3.05) is 13.7 Å². The van der Waals surface area contributed by atoms with Gasteiger partial charge in [0.1, 0.15) is 5.82 Å². The van der Waals surface area contributed by atoms with Gasteiger partial charge in [0.2, 0.25) is 0 Å². The van der Waals surface area contributed by atoms with Crippen LogP contribution in [0.15, 0.2) is 40.2 Å². The summed E-state index contributed by atoms with van der Waals surface area (Å²) in [6.45, 7) is 1.56. The molecule has 0 radical (unpaired) electrons. The topological polar surface area (TPSA) is 86.3 Å². The molecule has 7 heteroatoms. The summed E-state index contributed by atoms with van der Waals surface area (Å²) in [4.78, 5) is 28.7. The molecular formula is C14H17N3O4. The lowest BCUT2D eigenvalue weighted by molar-refractivity contribution is 0.0361. The van der Waals surface area contributed by atoms with E-state index in [1.807, 2.05) is 0 Å². The fourth-order valence-corrected chi connectivity index (χ4v) is 1.98. The summed E-state index contributed by atoms with van der Waals surface area (Å²) in [5.41, 5.74) is -0.513. The van der Waals surface area contributed by atoms with E-state index in [9.17, 15) is 9.59 Å². The Labute approximate surface area is 121 Å². The van der Waals surface area contributed by atoms with E-state index in [4.69, 9.17) is 9.84 Å². The molecule has 112 valence electrons. The van der Waals surface area contributed by atoms with Gasteiger partial charge in [0.05, 0.1) is 19.3 Å². The number of aryl methyl sites for hydroxylation is 1. The maximum Gasteiger partial charge on any atom is 0.336 e. The molecule has 0 aliphatic heterocycles. The van der Waals surface area contributed by atoms with Gasteiger partial charge in [0.25, 0.3) is 5.56 Å². The average Bonchev–Trinajstić information content (AvgIpc) is 2.51. The number of ether oxygens (including phenoxy) is 1. The Kier molecular flexibility index (Phi) is 4.66. The van der Waals surface area contributed by atoms with E-state index in [0.717, 1.165) is 4.57 Å². The van der Waals surface area contributed by atoms with Crippen molar-refractivity contribution >= 4 is 0 Å². The predicted molar refractivity (Wildman–Crippen MR) is 76.7 cm³/mol. The SMILES string of the molecule is COC(CO)Cn1cc(C)c(=O)n(-c2ccccn2)c1=O. The Bertz CT molecular complexity index is 717. The van der Waals surface area contributed by atoms with Crippen molar-refractivity contribution < 1.29 is 9.84 Å². The van der Waals surface area contributed by atoms with Gasteiger partial charge in [-0.1, -0.05) is 6.07 Å². The first-order chi connectivity index (χ1) is 10.1. The molecule has 1 N–H and O–H groups in total. The van der Waals surface area contributed by atoms with Gasteiger partial charge in [-0.15, -0.1) is 0 Å². The second kappa shape index (κ2) is 6.47. The maximum absolute atomic E-state index is 12.5. The highest BCUT2D eigenvalue weighted by atomic mass is 16.5. The van der Waals surface area contributed by atoms with Crippen LogP contribution in [-0.2, 0) is 11.3 Å². The van der Waals surface area contributed by atoms with Crippen molar-refractivity contribution in [3.63, 3.8) is 0 Å². The van der Waals surface area contributed by atoms with E-state index in [0.29, 0.717) is 5.56 Å². The second-order valence-corrected chi connectivity index (χ2v) is 4.62. The van der Waals surface area contributed by atoms with Crippen LogP contribution in [0, 0.1) is 6.92 Å². The molecule has 0 spiro atoms. The molecule has 0 fully saturated rings. The number of hydrogen-bond acceptors (Lipinski definition) is 5. The Morgan fingerprint density at radius 2 is 2.14 bits per heavy atom. The summed E-state index contributed by atoms with van der Waals surface area (Å²) in [7, 11) is 1.45. The van der Waals surface area contributed by atoms with Crippen molar-refractivity contribution in [1.82, 2.24) is 14.1 Å². The molecule has 0 aliphatic carbocycles. The normalized spacial score (nSPS) is 12.3. The van der Waals surface area contributed by atoms with Crippen molar-refractivity contribution in [2.24, 2.45) is 0 Å². The minimum atomic E-state index is -0.517. The first-order valence-corrected chi connectivity index (χ1v) is 6.46. The molecule has 0 bridgehead atoms. The molecule has 0 aliphatic rings. The third-order valence-electron chi connectivity index (χ3n) is 3.14. The van der Waals surface area contributed by atoms with Crippen LogP contribution < -0.4 is 11.2 Å². The summed E-state index contributed by atoms with van der Waals surface area (Å²) in [6.07, 6.45) is 2.46. The third-order valence-corrected chi connectivity index (χ3v) is 3.14. The fraction of sp³-hybridized carbons (Fsp3) is 0.357. The number of hydrogen-bond donors (Lipinski definition) is 1. The molecule has 2 heterocycles. The Morgan fingerprint density at radius 1 is 1.38 bits per heavy atom. The van der Waals surface area contributed by atoms with Crippen LogP contribution in [0.5, 0.6) is 0 Å². The van der Waals surface area contributed by atoms with Gasteiger partial charge in [-0.25, -0.2) is 14.3 Å². The lowest BCUT2D eigenvalue weighted by Gasteiger charge is -2.16. The van der Waals surface area contributed by atoms with E-state index in [2.05, 4.69) is 4.98 Å². The molecule has 0 aromatic carbocycles. The van der Waals surface area contributed by atoms with Gasteiger partial charge in [0, 0.05) is 25.1 Å². The van der Waals surface area contributed by atoms with Crippen molar-refractivity contribution in [2.45, 2.75) is 19.6 Å². The van der Waals surface area contributed by atoms with Crippen molar-refractivity contribution in [3.8, 4) is 5.82 Å². The summed E-state index contributed by atoms with van der Waals surface area (Å²) < 4.78 is 7.42. The zero-order valence-electron chi connectivity index (χ0n) is 11.9. The smallest absolute Gasteiger partial charge is 0.336 e. The number of rotatable bonds is 5. The van der Waals surface area contributed by atoms with Crippen LogP contribution in [0.2, 0.25) is 0 Å². The molecule has 0 amide bonds. The minimum Gasteiger partial charge on any atom is -0.394 e. The zero-order valence-corrected chi connectivity index (χ0v) is 11.9. The summed E-state index contributed by atoms with van der Waals surface area (Å²) in [5.74, 6) is 0.267. The summed E-state index contributed by atoms with van der Waals surface area (Å²) in [6, 6.07) is 4.99. The van der Waals surface area contributed by atoms with Gasteiger partial charge in [-0.2, -0.15) is 0 Å². The maximum atomic E-state index is 12.5. The van der Waals surface area contributed by atoms with Crippen LogP contribution >= 0.6 is 0 Å². The van der Waals surface area contributed by atoms with Crippen molar-refractivity contribution in [1.29, 1.82) is 0 Å². The quantitative estimate of drug-likeness (QED) is 0.818. The fourth-order valence-electron chi connectivity index (χ4n) is 1.98. The summed E-state index contributed by atoms with van der Waals surface area (Å²) >= 11 is 0. The van der Waals surface area contributed by atoms with Gasteiger partial charge < -0.3 is 9.84 Å². The van der Waals surface area contributed by atoms with Crippen LogP contribution in [0.4, 0.5) is 0 Å². The first-order valence-electron chi connectivity index (χ1n) is 6.46. The van der Waals surface area contributed by atoms with Crippen LogP contribution in [0.1, 0.15) is 5.56 Å². The third kappa shape index (κ3) is 3.09. The number of aliphatic hydroxyl groups is 1. The first kappa shape index (κ1) is 15.1. The predicted octanol–water partition coefficient (Wildman–Crippen LogP) is -0.290. The molecule has 1 atom stereocenters. The summed E-state index contributed by atoms with van der Waals surface area (Å²) in [5, 5.41) is 9.17. The highest BCUT2D eigenvalue weighted by Gasteiger charge is 2.14. The molecule has 1 unspecified atom stereocenters. The number of nitrogens with zero attached hydrogens (tertiary/aromatic N) is 3. The highest BCUT2D eigenvalue weighted by molar-refractivity contribution is 5.23. The minimum absolute atomic E-state index is 0.153. The molecule has 2 aromatic rings. The Balaban J connectivity index is 2.59. The highest BCUT2D eigenvalue weighted by Crippen LogP contribution is 1.99. The molecule has 0 saturated heterocycles. The van der Waals surface area contributed by atoms with Crippen LogP contribution in [0.3, 0.4) is 0 Å². The molecule has 2 rings (SSSR count). The van der Waals surface area contributed by atoms with E-state index in [1.54, 1.807) is 25.1 Å². The van der Waals surface area contributed by atoms with Gasteiger partial charge in [-0.3, -0.25) is 9.36 Å². The van der Waals surface area contributed by atoms with Gasteiger partial charge in [0.15, 0.2) is 0 Å². The molecule has 0 saturated carbocycles. The van der Waals surface area contributed by atoms with Crippen molar-refractivity contribution in [3.05, 3.63) is 57.0 Å². The number of aliphatic hydroxyl groups excluding tert-OH is 1. The van der Waals surface area contributed by atoms with E-state index in [1.165, 1.54) is 24.1 Å². The second-order valence-electron chi connectivity index (χ2n) is 4.62. The molecule has 7 nitrogen and oxygen atoms in total. The van der Waals surface area contributed by atoms with Gasteiger partial charge in [-0.05, 0) is 19.1 Å². The standard InChI is InChI=1S/C14H17N3O4/c1-10-7-16(8-11(9-18)21-2)14(20)17(13(10)19)12-5-3-4-6-15-12/h3-7,11,18H,8-9H2,1-2H3. The number of methoxy groups -OCH3 is 1. The Hall–Kier alpha value is -2.25. The lowest BCUT2D eigenvalue weighted by Crippen LogP contribution is -2.42. The Morgan fingerprint density at radius 3 is 2.71 bits per heavy atom. The molecule has 21 heavy (non-hydrogen) atoms. The zero-order chi connectivity index (χ0) is 15.4. The number of aromatic nitrogens is 3. The van der Waals surface area contributed by atoms with E-state index < -0.39 is 17.4 Å². The van der Waals surface area contributed by atoms with Crippen LogP contribution in [-0.4, -0.2) is 39.0 Å². The van der Waals surface area contributed by atoms with Gasteiger partial charge >= 0.3 is 5.69 Å². The monoisotopic (exact) mass is 291 g/mol. The lowest BCUT2D eigenvalue weighted by atomic mass is 10.3. The average molecular weight is 291 g/mol. The van der Waals surface area contributed by atoms with Crippen LogP contribution in [0.25, 0.3) is 5.82 Å². The number of pyridine rings is 1. The molecule has 2 aromatic heterocycles. The largest absolute Gasteiger partial charge is 0.394 e. The van der Waals surface area contributed by atoms with E-state index in [-0.39, 0.29) is 19.0 Å². The molecular weight excluding hydrogens is 274 g/mol.